The summed E-state index contributed by atoms with van der Waals surface area (Å²) in [6, 6.07) is 7.58. The largest absolute Gasteiger partial charge is 0.449 e. The van der Waals surface area contributed by atoms with Gasteiger partial charge in [0, 0.05) is 17.3 Å². The van der Waals surface area contributed by atoms with Crippen molar-refractivity contribution in [3.05, 3.63) is 69.3 Å². The zero-order valence-corrected chi connectivity index (χ0v) is 14.7. The topological polar surface area (TPSA) is 98.5 Å². The van der Waals surface area contributed by atoms with E-state index in [1.54, 1.807) is 0 Å². The number of carbonyl (C=O) groups is 2. The molecule has 0 bridgehead atoms. The number of nitro benzene ring substituents is 1. The lowest BCUT2D eigenvalue weighted by Crippen LogP contribution is -2.30. The number of hydrogen-bond donors (Lipinski definition) is 1. The Hall–Kier alpha value is -3.43. The van der Waals surface area contributed by atoms with Gasteiger partial charge >= 0.3 is 12.1 Å². The number of rotatable bonds is 5. The second kappa shape index (κ2) is 8.07. The summed E-state index contributed by atoms with van der Waals surface area (Å²) in [5.41, 5.74) is -0.973. The summed E-state index contributed by atoms with van der Waals surface area (Å²) in [4.78, 5) is 34.4. The summed E-state index contributed by atoms with van der Waals surface area (Å²) in [5.74, 6) is -1.73. The van der Waals surface area contributed by atoms with Gasteiger partial charge in [0.15, 0.2) is 6.10 Å². The van der Waals surface area contributed by atoms with Gasteiger partial charge < -0.3 is 10.1 Å². The maximum Gasteiger partial charge on any atom is 0.416 e. The van der Waals surface area contributed by atoms with Crippen LogP contribution in [0.5, 0.6) is 0 Å². The number of benzene rings is 2. The van der Waals surface area contributed by atoms with E-state index >= 15 is 0 Å². The highest BCUT2D eigenvalue weighted by atomic mass is 19.4. The second-order valence-corrected chi connectivity index (χ2v) is 5.87. The van der Waals surface area contributed by atoms with Gasteiger partial charge in [-0.3, -0.25) is 14.9 Å². The number of nitro groups is 1. The van der Waals surface area contributed by atoms with Crippen LogP contribution >= 0.6 is 0 Å². The molecule has 2 aromatic carbocycles. The Labute approximate surface area is 157 Å². The SMILES string of the molecule is Cc1cc(C(=O)O[C@H](C)C(=O)Nc2cccc(C(F)(F)F)c2)ccc1[N+](=O)[O-]. The van der Waals surface area contributed by atoms with E-state index in [0.29, 0.717) is 0 Å². The third kappa shape index (κ3) is 5.06. The number of halogens is 3. The Morgan fingerprint density at radius 1 is 1.18 bits per heavy atom. The molecular weight excluding hydrogens is 381 g/mol. The lowest BCUT2D eigenvalue weighted by molar-refractivity contribution is -0.385. The minimum absolute atomic E-state index is 0.00168. The first kappa shape index (κ1) is 20.9. The van der Waals surface area contributed by atoms with Crippen LogP contribution < -0.4 is 5.32 Å². The third-order valence-electron chi connectivity index (χ3n) is 3.74. The fraction of sp³-hybridized carbons (Fsp3) is 0.222. The third-order valence-corrected chi connectivity index (χ3v) is 3.74. The van der Waals surface area contributed by atoms with Crippen molar-refractivity contribution in [3.63, 3.8) is 0 Å². The van der Waals surface area contributed by atoms with Crippen LogP contribution in [0, 0.1) is 17.0 Å². The van der Waals surface area contributed by atoms with E-state index in [-0.39, 0.29) is 22.5 Å². The Bertz CT molecular complexity index is 928. The molecule has 0 aliphatic heterocycles. The van der Waals surface area contributed by atoms with Gasteiger partial charge in [-0.15, -0.1) is 0 Å². The number of aryl methyl sites for hydroxylation is 1. The van der Waals surface area contributed by atoms with Crippen molar-refractivity contribution in [1.82, 2.24) is 0 Å². The van der Waals surface area contributed by atoms with Crippen LogP contribution in [0.2, 0.25) is 0 Å². The molecule has 0 spiro atoms. The van der Waals surface area contributed by atoms with Crippen molar-refractivity contribution >= 4 is 23.3 Å². The Morgan fingerprint density at radius 3 is 2.43 bits per heavy atom. The van der Waals surface area contributed by atoms with Crippen LogP contribution in [0.4, 0.5) is 24.5 Å². The van der Waals surface area contributed by atoms with E-state index in [1.807, 2.05) is 0 Å². The predicted molar refractivity (Wildman–Crippen MR) is 92.8 cm³/mol. The number of ether oxygens (including phenoxy) is 1. The van der Waals surface area contributed by atoms with Crippen molar-refractivity contribution in [1.29, 1.82) is 0 Å². The highest BCUT2D eigenvalue weighted by molar-refractivity contribution is 5.97. The smallest absolute Gasteiger partial charge is 0.416 e. The zero-order chi connectivity index (χ0) is 21.1. The van der Waals surface area contributed by atoms with E-state index < -0.39 is 34.6 Å². The van der Waals surface area contributed by atoms with E-state index in [4.69, 9.17) is 4.74 Å². The molecule has 0 aromatic heterocycles. The molecule has 1 N–H and O–H groups in total. The maximum atomic E-state index is 12.7. The Morgan fingerprint density at radius 2 is 1.86 bits per heavy atom. The van der Waals surface area contributed by atoms with Crippen molar-refractivity contribution < 1.29 is 32.4 Å². The molecule has 7 nitrogen and oxygen atoms in total. The maximum absolute atomic E-state index is 12.7. The van der Waals surface area contributed by atoms with E-state index in [1.165, 1.54) is 32.0 Å². The number of alkyl halides is 3. The number of hydrogen-bond acceptors (Lipinski definition) is 5. The molecule has 1 amide bonds. The minimum atomic E-state index is -4.56. The summed E-state index contributed by atoms with van der Waals surface area (Å²) in [5, 5.41) is 13.0. The molecule has 0 radical (unpaired) electrons. The number of esters is 1. The van der Waals surface area contributed by atoms with E-state index in [0.717, 1.165) is 24.3 Å². The lowest BCUT2D eigenvalue weighted by atomic mass is 10.1. The minimum Gasteiger partial charge on any atom is -0.449 e. The number of nitrogens with one attached hydrogen (secondary N) is 1. The van der Waals surface area contributed by atoms with Gasteiger partial charge in [-0.25, -0.2) is 4.79 Å². The molecule has 0 aliphatic rings. The van der Waals surface area contributed by atoms with Crippen molar-refractivity contribution in [2.45, 2.75) is 26.1 Å². The summed E-state index contributed by atoms with van der Waals surface area (Å²) >= 11 is 0. The normalized spacial score (nSPS) is 12.2. The van der Waals surface area contributed by atoms with E-state index in [2.05, 4.69) is 5.32 Å². The molecule has 2 aromatic rings. The first-order chi connectivity index (χ1) is 13.0. The molecule has 10 heteroatoms. The summed E-state index contributed by atoms with van der Waals surface area (Å²) < 4.78 is 43.1. The molecule has 1 atom stereocenters. The molecular formula is C18H15F3N2O5. The van der Waals surface area contributed by atoms with E-state index in [9.17, 15) is 32.9 Å². The number of nitrogens with zero attached hydrogens (tertiary/aromatic N) is 1. The fourth-order valence-electron chi connectivity index (χ4n) is 2.29. The van der Waals surface area contributed by atoms with Gasteiger partial charge in [0.25, 0.3) is 11.6 Å². The van der Waals surface area contributed by atoms with Crippen molar-refractivity contribution in [3.8, 4) is 0 Å². The zero-order valence-electron chi connectivity index (χ0n) is 14.7. The van der Waals surface area contributed by atoms with Gasteiger partial charge in [0.05, 0.1) is 16.1 Å². The lowest BCUT2D eigenvalue weighted by Gasteiger charge is -2.15. The first-order valence-electron chi connectivity index (χ1n) is 7.93. The van der Waals surface area contributed by atoms with Crippen LogP contribution in [-0.2, 0) is 15.7 Å². The Kier molecular flexibility index (Phi) is 6.02. The fourth-order valence-corrected chi connectivity index (χ4v) is 2.29. The summed E-state index contributed by atoms with van der Waals surface area (Å²) in [6.07, 6.45) is -5.87. The van der Waals surface area contributed by atoms with Crippen LogP contribution in [-0.4, -0.2) is 22.9 Å². The summed E-state index contributed by atoms with van der Waals surface area (Å²) in [6.45, 7) is 2.69. The van der Waals surface area contributed by atoms with Gasteiger partial charge in [0.1, 0.15) is 0 Å². The molecule has 0 heterocycles. The van der Waals surface area contributed by atoms with Crippen LogP contribution in [0.25, 0.3) is 0 Å². The quantitative estimate of drug-likeness (QED) is 0.466. The molecule has 0 saturated carbocycles. The standard InChI is InChI=1S/C18H15F3N2O5/c1-10-8-12(6-7-15(10)23(26)27)17(25)28-11(2)16(24)22-14-5-3-4-13(9-14)18(19,20)21/h3-9,11H,1-2H3,(H,22,24)/t11-/m1/s1. The molecule has 0 saturated heterocycles. The number of anilines is 1. The first-order valence-corrected chi connectivity index (χ1v) is 7.93. The van der Waals surface area contributed by atoms with Crippen molar-refractivity contribution in [2.24, 2.45) is 0 Å². The van der Waals surface area contributed by atoms with Crippen molar-refractivity contribution in [2.75, 3.05) is 5.32 Å². The highest BCUT2D eigenvalue weighted by Crippen LogP contribution is 2.30. The van der Waals surface area contributed by atoms with Crippen LogP contribution in [0.15, 0.2) is 42.5 Å². The molecule has 148 valence electrons. The Balaban J connectivity index is 2.05. The van der Waals surface area contributed by atoms with Crippen LogP contribution in [0.3, 0.4) is 0 Å². The molecule has 0 aliphatic carbocycles. The van der Waals surface area contributed by atoms with Gasteiger partial charge in [-0.1, -0.05) is 6.07 Å². The summed E-state index contributed by atoms with van der Waals surface area (Å²) in [7, 11) is 0. The number of amides is 1. The highest BCUT2D eigenvalue weighted by Gasteiger charge is 2.30. The molecule has 28 heavy (non-hydrogen) atoms. The monoisotopic (exact) mass is 396 g/mol. The average molecular weight is 396 g/mol. The van der Waals surface area contributed by atoms with Gasteiger partial charge in [0.2, 0.25) is 0 Å². The predicted octanol–water partition coefficient (Wildman–Crippen LogP) is 4.11. The second-order valence-electron chi connectivity index (χ2n) is 5.87. The van der Waals surface area contributed by atoms with Gasteiger partial charge in [-0.2, -0.15) is 13.2 Å². The van der Waals surface area contributed by atoms with Crippen LogP contribution in [0.1, 0.15) is 28.4 Å². The molecule has 0 unspecified atom stereocenters. The molecule has 0 fully saturated rings. The number of carbonyl (C=O) groups excluding carboxylic acids is 2. The van der Waals surface area contributed by atoms with Gasteiger partial charge in [-0.05, 0) is 44.2 Å². The average Bonchev–Trinajstić information content (AvgIpc) is 2.60. The molecule has 2 rings (SSSR count).